The third kappa shape index (κ3) is 4.36. The van der Waals surface area contributed by atoms with Crippen LogP contribution in [-0.4, -0.2) is 57.5 Å². The molecule has 0 radical (unpaired) electrons. The van der Waals surface area contributed by atoms with Gasteiger partial charge in [-0.25, -0.2) is 6.33 Å². The van der Waals surface area contributed by atoms with Crippen LogP contribution >= 0.6 is 0 Å². The number of tetrazole rings is 1. The van der Waals surface area contributed by atoms with Gasteiger partial charge in [-0.1, -0.05) is 23.4 Å². The molecule has 120 valence electrons. The first-order valence-corrected chi connectivity index (χ1v) is 6.96. The van der Waals surface area contributed by atoms with Crippen molar-refractivity contribution in [3.63, 3.8) is 0 Å². The van der Waals surface area contributed by atoms with Crippen LogP contribution < -0.4 is 4.90 Å². The molecule has 23 heavy (non-hydrogen) atoms. The summed E-state index contributed by atoms with van der Waals surface area (Å²) < 4.78 is 0. The van der Waals surface area contributed by atoms with Gasteiger partial charge in [0.05, 0.1) is 0 Å². The Balaban J connectivity index is 0.000000171. The van der Waals surface area contributed by atoms with E-state index in [0.29, 0.717) is 5.41 Å². The molecule has 0 aliphatic carbocycles. The van der Waals surface area contributed by atoms with E-state index in [-0.39, 0.29) is 27.6 Å². The van der Waals surface area contributed by atoms with Crippen LogP contribution in [0.4, 0.5) is 5.69 Å². The fourth-order valence-corrected chi connectivity index (χ4v) is 2.56. The smallest absolute Gasteiger partial charge is 0.661 e. The van der Waals surface area contributed by atoms with Gasteiger partial charge in [0.1, 0.15) is 0 Å². The minimum Gasteiger partial charge on any atom is -0.661 e. The zero-order valence-electron chi connectivity index (χ0n) is 12.4. The predicted octanol–water partition coefficient (Wildman–Crippen LogP) is 0.436. The van der Waals surface area contributed by atoms with Crippen LogP contribution in [0.3, 0.4) is 0 Å². The molecule has 2 aliphatic heterocycles. The zero-order chi connectivity index (χ0) is 15.4. The van der Waals surface area contributed by atoms with Crippen molar-refractivity contribution in [2.24, 2.45) is 5.41 Å². The maximum atomic E-state index is 9.92. The number of aromatic nitrogens is 4. The number of carboxylic acids is 1. The van der Waals surface area contributed by atoms with Crippen molar-refractivity contribution >= 4 is 11.7 Å². The molecule has 1 aromatic heterocycles. The maximum absolute atomic E-state index is 9.92. The Hall–Kier alpha value is -1.79. The summed E-state index contributed by atoms with van der Waals surface area (Å²) in [6.07, 6.45) is 2.12. The van der Waals surface area contributed by atoms with Crippen LogP contribution in [0.25, 0.3) is 5.32 Å². The van der Waals surface area contributed by atoms with Crippen LogP contribution in [0.2, 0.25) is 0 Å². The molecule has 3 heterocycles. The molecule has 8 nitrogen and oxygen atoms in total. The summed E-state index contributed by atoms with van der Waals surface area (Å²) in [6, 6.07) is 10.6. The van der Waals surface area contributed by atoms with Crippen molar-refractivity contribution in [2.75, 3.05) is 31.1 Å². The van der Waals surface area contributed by atoms with Gasteiger partial charge < -0.3 is 25.5 Å². The van der Waals surface area contributed by atoms with E-state index in [1.807, 2.05) is 0 Å². The second-order valence-corrected chi connectivity index (χ2v) is 5.55. The molecule has 2 aromatic rings. The van der Waals surface area contributed by atoms with Crippen molar-refractivity contribution in [1.82, 2.24) is 20.2 Å². The molecule has 2 aliphatic rings. The van der Waals surface area contributed by atoms with Gasteiger partial charge in [0.25, 0.3) is 0 Å². The molecular formula is C14H16N6O2W. The average molecular weight is 484 g/mol. The van der Waals surface area contributed by atoms with Gasteiger partial charge in [-0.05, 0) is 17.5 Å². The fraction of sp³-hybridized carbons (Fsp3) is 0.429. The molecular weight excluding hydrogens is 468 g/mol. The van der Waals surface area contributed by atoms with E-state index in [4.69, 9.17) is 5.11 Å². The second-order valence-electron chi connectivity index (χ2n) is 5.55. The summed E-state index contributed by atoms with van der Waals surface area (Å²) in [5.74, 6) is -0.999. The van der Waals surface area contributed by atoms with Crippen molar-refractivity contribution in [1.29, 1.82) is 0 Å². The Bertz CT molecular complexity index is 609. The molecule has 9 heteroatoms. The van der Waals surface area contributed by atoms with Crippen LogP contribution in [0.5, 0.6) is 0 Å². The van der Waals surface area contributed by atoms with Crippen molar-refractivity contribution in [3.8, 4) is 0 Å². The summed E-state index contributed by atoms with van der Waals surface area (Å²) in [5, 5.41) is 22.2. The molecule has 2 saturated heterocycles. The monoisotopic (exact) mass is 484 g/mol. The number of carbonyl (C=O) groups is 1. The quantitative estimate of drug-likeness (QED) is 0.636. The van der Waals surface area contributed by atoms with E-state index in [0.717, 1.165) is 17.9 Å². The van der Waals surface area contributed by atoms with E-state index in [2.05, 4.69) is 62.3 Å². The SMILES string of the molecule is O=C(O)Cn1n[c-]nn1.[W+2].c1ccc(N2CC3(C[N-]C3)C2)cc1. The summed E-state index contributed by atoms with van der Waals surface area (Å²) in [6.45, 7) is 4.34. The molecule has 1 N–H and O–H groups in total. The van der Waals surface area contributed by atoms with Gasteiger partial charge >= 0.3 is 27.0 Å². The summed E-state index contributed by atoms with van der Waals surface area (Å²) in [4.78, 5) is 13.3. The molecule has 4 rings (SSSR count). The van der Waals surface area contributed by atoms with Crippen LogP contribution in [0.1, 0.15) is 0 Å². The summed E-state index contributed by atoms with van der Waals surface area (Å²) in [5.41, 5.74) is 1.94. The Morgan fingerprint density at radius 2 is 2.00 bits per heavy atom. The van der Waals surface area contributed by atoms with Gasteiger partial charge in [0.15, 0.2) is 6.54 Å². The number of hydrogen-bond donors (Lipinski definition) is 1. The first kappa shape index (κ1) is 17.6. The van der Waals surface area contributed by atoms with E-state index in [1.54, 1.807) is 0 Å². The Morgan fingerprint density at radius 3 is 2.48 bits per heavy atom. The number of anilines is 1. The number of nitrogens with zero attached hydrogens (tertiary/aromatic N) is 6. The van der Waals surface area contributed by atoms with Gasteiger partial charge in [0.2, 0.25) is 0 Å². The molecule has 1 aromatic carbocycles. The van der Waals surface area contributed by atoms with Crippen LogP contribution in [-0.2, 0) is 32.4 Å². The van der Waals surface area contributed by atoms with E-state index < -0.39 is 5.97 Å². The van der Waals surface area contributed by atoms with Crippen LogP contribution in [0, 0.1) is 11.7 Å². The Morgan fingerprint density at radius 1 is 1.30 bits per heavy atom. The minimum absolute atomic E-state index is 0. The molecule has 2 fully saturated rings. The maximum Gasteiger partial charge on any atom is 2.00 e. The molecule has 0 unspecified atom stereocenters. The van der Waals surface area contributed by atoms with E-state index in [9.17, 15) is 4.79 Å². The average Bonchev–Trinajstić information content (AvgIpc) is 2.89. The Labute approximate surface area is 148 Å². The first-order valence-electron chi connectivity index (χ1n) is 6.96. The number of carboxylic acid groups (broad SMARTS) is 1. The normalized spacial score (nSPS) is 17.1. The number of rotatable bonds is 3. The third-order valence-electron chi connectivity index (χ3n) is 3.70. The number of aliphatic carboxylic acids is 1. The third-order valence-corrected chi connectivity index (χ3v) is 3.70. The standard InChI is InChI=1S/C11H13N2.C3H3N4O2.W/c1-2-4-10(5-3-1)13-8-11(9-13)6-12-7-11;8-3(9)1-7-5-2-4-6-7;/h1-5H,6-9H2;1H2,(H,8,9);/q2*-1;+2. The number of para-hydroxylation sites is 1. The summed E-state index contributed by atoms with van der Waals surface area (Å²) >= 11 is 0. The number of benzene rings is 1. The number of hydrogen-bond acceptors (Lipinski definition) is 5. The fourth-order valence-electron chi connectivity index (χ4n) is 2.56. The molecule has 0 atom stereocenters. The second kappa shape index (κ2) is 7.66. The molecule has 0 bridgehead atoms. The molecule has 0 saturated carbocycles. The summed E-state index contributed by atoms with van der Waals surface area (Å²) in [7, 11) is 0. The van der Waals surface area contributed by atoms with Crippen molar-refractivity contribution < 1.29 is 31.0 Å². The van der Waals surface area contributed by atoms with E-state index >= 15 is 0 Å². The Kier molecular flexibility index (Phi) is 5.84. The van der Waals surface area contributed by atoms with Gasteiger partial charge in [0, 0.05) is 18.8 Å². The zero-order valence-corrected chi connectivity index (χ0v) is 15.3. The first-order chi connectivity index (χ1) is 10.7. The predicted molar refractivity (Wildman–Crippen MR) is 78.5 cm³/mol. The largest absolute Gasteiger partial charge is 2.00 e. The van der Waals surface area contributed by atoms with Gasteiger partial charge in [-0.2, -0.15) is 4.80 Å². The molecule has 1 spiro atoms. The topological polar surface area (TPSA) is 98.2 Å². The minimum atomic E-state index is -0.999. The van der Waals surface area contributed by atoms with Crippen molar-refractivity contribution in [2.45, 2.75) is 6.54 Å². The van der Waals surface area contributed by atoms with Gasteiger partial charge in [-0.3, -0.25) is 4.79 Å². The van der Waals surface area contributed by atoms with Gasteiger partial charge in [-0.15, -0.1) is 13.1 Å². The van der Waals surface area contributed by atoms with E-state index in [1.165, 1.54) is 18.8 Å². The van der Waals surface area contributed by atoms with Crippen LogP contribution in [0.15, 0.2) is 30.3 Å². The van der Waals surface area contributed by atoms with Crippen molar-refractivity contribution in [3.05, 3.63) is 42.0 Å². The molecule has 0 amide bonds.